The van der Waals surface area contributed by atoms with Crippen molar-refractivity contribution in [3.8, 4) is 0 Å². The molecule has 0 aliphatic rings. The Morgan fingerprint density at radius 2 is 1.73 bits per heavy atom. The first kappa shape index (κ1) is 23.4. The maximum atomic E-state index is 12.5. The predicted molar refractivity (Wildman–Crippen MR) is 119 cm³/mol. The highest BCUT2D eigenvalue weighted by molar-refractivity contribution is 9.10. The highest BCUT2D eigenvalue weighted by Crippen LogP contribution is 2.18. The zero-order valence-electron chi connectivity index (χ0n) is 17.3. The van der Waals surface area contributed by atoms with Crippen LogP contribution < -0.4 is 16.0 Å². The average molecular weight is 476 g/mol. The molecule has 8 heteroatoms. The van der Waals surface area contributed by atoms with E-state index in [1.807, 2.05) is 24.3 Å². The topological polar surface area (TPSA) is 96.5 Å². The fourth-order valence-electron chi connectivity index (χ4n) is 2.50. The summed E-state index contributed by atoms with van der Waals surface area (Å²) in [6, 6.07) is 14.3. The van der Waals surface area contributed by atoms with Crippen LogP contribution in [0.3, 0.4) is 0 Å². The molecule has 7 nitrogen and oxygen atoms in total. The average Bonchev–Trinajstić information content (AvgIpc) is 2.66. The third kappa shape index (κ3) is 8.24. The molecule has 2 aromatic rings. The molecule has 0 saturated heterocycles. The number of rotatable bonds is 7. The molecule has 0 fully saturated rings. The Hall–Kier alpha value is -2.87. The smallest absolute Gasteiger partial charge is 0.407 e. The maximum absolute atomic E-state index is 12.5. The maximum Gasteiger partial charge on any atom is 0.407 e. The van der Waals surface area contributed by atoms with Crippen LogP contribution in [0, 0.1) is 0 Å². The molecule has 0 aliphatic carbocycles. The largest absolute Gasteiger partial charge is 0.444 e. The summed E-state index contributed by atoms with van der Waals surface area (Å²) in [6.45, 7) is 5.73. The Labute approximate surface area is 184 Å². The van der Waals surface area contributed by atoms with E-state index >= 15 is 0 Å². The molecular formula is C22H26BrN3O4. The number of hydrogen-bond donors (Lipinski definition) is 3. The van der Waals surface area contributed by atoms with Gasteiger partial charge in [-0.15, -0.1) is 0 Å². The van der Waals surface area contributed by atoms with Crippen molar-refractivity contribution in [2.45, 2.75) is 39.3 Å². The number of carbonyl (C=O) groups is 3. The molecule has 30 heavy (non-hydrogen) atoms. The van der Waals surface area contributed by atoms with Gasteiger partial charge < -0.3 is 20.7 Å². The van der Waals surface area contributed by atoms with Gasteiger partial charge in [-0.2, -0.15) is 0 Å². The first-order chi connectivity index (χ1) is 14.1. The van der Waals surface area contributed by atoms with Gasteiger partial charge in [0.15, 0.2) is 0 Å². The number of benzene rings is 2. The standard InChI is InChI=1S/C22H26BrN3O4/c1-22(2,3)30-21(29)24-12-11-19(27)25-14-16-7-4-5-10-18(16)26-20(28)15-8-6-9-17(23)13-15/h4-10,13H,11-12,14H2,1-3H3,(H,24,29)(H,25,27)(H,26,28). The Balaban J connectivity index is 1.85. The number of alkyl carbamates (subject to hydrolysis) is 1. The summed E-state index contributed by atoms with van der Waals surface area (Å²) in [4.78, 5) is 36.2. The van der Waals surface area contributed by atoms with E-state index in [9.17, 15) is 14.4 Å². The fraction of sp³-hybridized carbons (Fsp3) is 0.318. The lowest BCUT2D eigenvalue weighted by Gasteiger charge is -2.19. The zero-order valence-corrected chi connectivity index (χ0v) is 18.8. The molecule has 0 saturated carbocycles. The van der Waals surface area contributed by atoms with Crippen LogP contribution in [0.15, 0.2) is 53.0 Å². The number of hydrogen-bond acceptors (Lipinski definition) is 4. The molecule has 0 aromatic heterocycles. The third-order valence-electron chi connectivity index (χ3n) is 3.85. The highest BCUT2D eigenvalue weighted by atomic mass is 79.9. The summed E-state index contributed by atoms with van der Waals surface area (Å²) in [5.41, 5.74) is 1.33. The van der Waals surface area contributed by atoms with Crippen molar-refractivity contribution < 1.29 is 19.1 Å². The molecule has 0 aliphatic heterocycles. The Morgan fingerprint density at radius 3 is 2.43 bits per heavy atom. The van der Waals surface area contributed by atoms with Gasteiger partial charge in [0.05, 0.1) is 0 Å². The number of amides is 3. The van der Waals surface area contributed by atoms with Gasteiger partial charge in [-0.25, -0.2) is 4.79 Å². The summed E-state index contributed by atoms with van der Waals surface area (Å²) in [5.74, 6) is -0.462. The normalized spacial score (nSPS) is 10.8. The van der Waals surface area contributed by atoms with Crippen LogP contribution in [-0.2, 0) is 16.1 Å². The van der Waals surface area contributed by atoms with Crippen molar-refractivity contribution in [3.05, 3.63) is 64.1 Å². The minimum absolute atomic E-state index is 0.117. The molecule has 0 bridgehead atoms. The fourth-order valence-corrected chi connectivity index (χ4v) is 2.89. The number of ether oxygens (including phenoxy) is 1. The zero-order chi connectivity index (χ0) is 22.1. The van der Waals surface area contributed by atoms with Crippen molar-refractivity contribution in [2.24, 2.45) is 0 Å². The van der Waals surface area contributed by atoms with Crippen LogP contribution in [0.4, 0.5) is 10.5 Å². The third-order valence-corrected chi connectivity index (χ3v) is 4.34. The Bertz CT molecular complexity index is 909. The minimum atomic E-state index is -0.587. The second-order valence-electron chi connectivity index (χ2n) is 7.58. The van der Waals surface area contributed by atoms with Crippen LogP contribution in [0.5, 0.6) is 0 Å². The van der Waals surface area contributed by atoms with Gasteiger partial charge in [-0.3, -0.25) is 9.59 Å². The number of anilines is 1. The van der Waals surface area contributed by atoms with Crippen LogP contribution in [0.25, 0.3) is 0 Å². The van der Waals surface area contributed by atoms with E-state index < -0.39 is 11.7 Å². The molecule has 0 heterocycles. The van der Waals surface area contributed by atoms with Crippen LogP contribution >= 0.6 is 15.9 Å². The molecule has 3 N–H and O–H groups in total. The molecule has 0 spiro atoms. The molecule has 0 atom stereocenters. The van der Waals surface area contributed by atoms with Crippen LogP contribution in [-0.4, -0.2) is 30.1 Å². The summed E-state index contributed by atoms with van der Waals surface area (Å²) in [6.07, 6.45) is -0.442. The van der Waals surface area contributed by atoms with Crippen molar-refractivity contribution in [3.63, 3.8) is 0 Å². The molecule has 160 valence electrons. The van der Waals surface area contributed by atoms with Gasteiger partial charge in [0.25, 0.3) is 5.91 Å². The van der Waals surface area contributed by atoms with Crippen molar-refractivity contribution >= 4 is 39.5 Å². The summed E-state index contributed by atoms with van der Waals surface area (Å²) < 4.78 is 5.94. The van der Waals surface area contributed by atoms with Crippen molar-refractivity contribution in [1.82, 2.24) is 10.6 Å². The molecule has 0 radical (unpaired) electrons. The second kappa shape index (κ2) is 10.8. The van der Waals surface area contributed by atoms with E-state index in [0.29, 0.717) is 11.3 Å². The Kier molecular flexibility index (Phi) is 8.41. The summed E-state index contributed by atoms with van der Waals surface area (Å²) in [5, 5.41) is 8.21. The van der Waals surface area contributed by atoms with E-state index in [2.05, 4.69) is 31.9 Å². The summed E-state index contributed by atoms with van der Waals surface area (Å²) >= 11 is 3.35. The van der Waals surface area contributed by atoms with Gasteiger partial charge in [-0.1, -0.05) is 40.2 Å². The first-order valence-electron chi connectivity index (χ1n) is 9.52. The number of para-hydroxylation sites is 1. The van der Waals surface area contributed by atoms with Crippen LogP contribution in [0.1, 0.15) is 43.1 Å². The Morgan fingerprint density at radius 1 is 1.00 bits per heavy atom. The molecule has 3 amide bonds. The van der Waals surface area contributed by atoms with Crippen molar-refractivity contribution in [1.29, 1.82) is 0 Å². The lowest BCUT2D eigenvalue weighted by molar-refractivity contribution is -0.121. The number of nitrogens with one attached hydrogen (secondary N) is 3. The summed E-state index contributed by atoms with van der Waals surface area (Å²) in [7, 11) is 0. The quantitative estimate of drug-likeness (QED) is 0.557. The van der Waals surface area contributed by atoms with E-state index in [1.165, 1.54) is 0 Å². The molecular weight excluding hydrogens is 450 g/mol. The number of carbonyl (C=O) groups excluding carboxylic acids is 3. The minimum Gasteiger partial charge on any atom is -0.444 e. The van der Waals surface area contributed by atoms with E-state index in [4.69, 9.17) is 4.74 Å². The van der Waals surface area contributed by atoms with E-state index in [-0.39, 0.29) is 31.3 Å². The van der Waals surface area contributed by atoms with Gasteiger partial charge in [0.2, 0.25) is 5.91 Å². The van der Waals surface area contributed by atoms with Crippen LogP contribution in [0.2, 0.25) is 0 Å². The first-order valence-corrected chi connectivity index (χ1v) is 10.3. The van der Waals surface area contributed by atoms with Gasteiger partial charge >= 0.3 is 6.09 Å². The number of halogens is 1. The molecule has 2 rings (SSSR count). The second-order valence-corrected chi connectivity index (χ2v) is 8.49. The van der Waals surface area contributed by atoms with Gasteiger partial charge in [-0.05, 0) is 50.6 Å². The SMILES string of the molecule is CC(C)(C)OC(=O)NCCC(=O)NCc1ccccc1NC(=O)c1cccc(Br)c1. The molecule has 0 unspecified atom stereocenters. The van der Waals surface area contributed by atoms with E-state index in [1.54, 1.807) is 45.0 Å². The molecule has 2 aromatic carbocycles. The van der Waals surface area contributed by atoms with Crippen molar-refractivity contribution in [2.75, 3.05) is 11.9 Å². The highest BCUT2D eigenvalue weighted by Gasteiger charge is 2.16. The van der Waals surface area contributed by atoms with Gasteiger partial charge in [0, 0.05) is 35.2 Å². The predicted octanol–water partition coefficient (Wildman–Crippen LogP) is 4.23. The van der Waals surface area contributed by atoms with E-state index in [0.717, 1.165) is 10.0 Å². The lowest BCUT2D eigenvalue weighted by Crippen LogP contribution is -2.35. The lowest BCUT2D eigenvalue weighted by atomic mass is 10.1. The van der Waals surface area contributed by atoms with Gasteiger partial charge in [0.1, 0.15) is 5.60 Å². The monoisotopic (exact) mass is 475 g/mol.